The van der Waals surface area contributed by atoms with E-state index in [1.165, 1.54) is 25.3 Å². The highest BCUT2D eigenvalue weighted by molar-refractivity contribution is 9.10. The molecule has 1 N–H and O–H groups in total. The van der Waals surface area contributed by atoms with E-state index in [0.29, 0.717) is 17.3 Å². The molecule has 6 heteroatoms. The number of esters is 1. The van der Waals surface area contributed by atoms with Crippen LogP contribution in [0.25, 0.3) is 6.08 Å². The van der Waals surface area contributed by atoms with E-state index in [2.05, 4.69) is 21.2 Å². The number of halogens is 2. The van der Waals surface area contributed by atoms with Crippen molar-refractivity contribution in [2.24, 2.45) is 0 Å². The fourth-order valence-electron chi connectivity index (χ4n) is 2.06. The Morgan fingerprint density at radius 1 is 1.45 bits per heavy atom. The molecule has 1 aromatic carbocycles. The Hall–Kier alpha value is -1.69. The molecular weight excluding hydrogens is 353 g/mol. The van der Waals surface area contributed by atoms with Crippen LogP contribution in [-0.2, 0) is 14.3 Å². The Kier molecular flexibility index (Phi) is 6.74. The number of carbonyl (C=O) groups excluding carboxylic acids is 2. The van der Waals surface area contributed by atoms with Gasteiger partial charge in [-0.2, -0.15) is 0 Å². The normalized spacial score (nSPS) is 13.7. The van der Waals surface area contributed by atoms with Crippen molar-refractivity contribution in [2.75, 3.05) is 7.11 Å². The van der Waals surface area contributed by atoms with Gasteiger partial charge in [0.05, 0.1) is 7.11 Å². The molecule has 0 aliphatic carbocycles. The van der Waals surface area contributed by atoms with Gasteiger partial charge in [-0.1, -0.05) is 29.3 Å². The van der Waals surface area contributed by atoms with Crippen molar-refractivity contribution in [1.29, 1.82) is 0 Å². The molecule has 0 aliphatic heterocycles. The molecule has 0 saturated heterocycles. The molecule has 0 aromatic heterocycles. The average molecular weight is 372 g/mol. The lowest BCUT2D eigenvalue weighted by Gasteiger charge is -2.26. The molecule has 22 heavy (non-hydrogen) atoms. The van der Waals surface area contributed by atoms with Gasteiger partial charge in [0.25, 0.3) is 0 Å². The topological polar surface area (TPSA) is 55.4 Å². The Bertz CT molecular complexity index is 589. The van der Waals surface area contributed by atoms with Crippen molar-refractivity contribution in [3.8, 4) is 0 Å². The van der Waals surface area contributed by atoms with E-state index in [4.69, 9.17) is 4.74 Å². The van der Waals surface area contributed by atoms with Crippen molar-refractivity contribution in [3.05, 3.63) is 40.1 Å². The summed E-state index contributed by atoms with van der Waals surface area (Å²) in [6.07, 6.45) is 3.71. The highest BCUT2D eigenvalue weighted by Gasteiger charge is 2.34. The van der Waals surface area contributed by atoms with E-state index in [1.54, 1.807) is 19.1 Å². The summed E-state index contributed by atoms with van der Waals surface area (Å²) in [6, 6.07) is 4.43. The number of hydrogen-bond donors (Lipinski definition) is 1. The number of ether oxygens (including phenoxy) is 1. The predicted molar refractivity (Wildman–Crippen MR) is 86.6 cm³/mol. The second-order valence-electron chi connectivity index (χ2n) is 5.06. The first-order valence-electron chi connectivity index (χ1n) is 6.86. The Balaban J connectivity index is 2.85. The number of rotatable bonds is 6. The summed E-state index contributed by atoms with van der Waals surface area (Å²) < 4.78 is 19.0. The average Bonchev–Trinajstić information content (AvgIpc) is 2.47. The summed E-state index contributed by atoms with van der Waals surface area (Å²) in [7, 11) is 1.27. The van der Waals surface area contributed by atoms with Crippen LogP contribution in [0, 0.1) is 5.82 Å². The summed E-state index contributed by atoms with van der Waals surface area (Å²) in [6.45, 7) is 3.51. The van der Waals surface area contributed by atoms with Gasteiger partial charge in [-0.15, -0.1) is 0 Å². The minimum atomic E-state index is -1.10. The Morgan fingerprint density at radius 2 is 2.14 bits per heavy atom. The van der Waals surface area contributed by atoms with Gasteiger partial charge in [0.2, 0.25) is 5.91 Å². The van der Waals surface area contributed by atoms with E-state index < -0.39 is 23.2 Å². The first-order chi connectivity index (χ1) is 10.3. The lowest BCUT2D eigenvalue weighted by molar-refractivity contribution is -0.150. The molecule has 1 rings (SSSR count). The van der Waals surface area contributed by atoms with Crippen LogP contribution in [-0.4, -0.2) is 24.5 Å². The van der Waals surface area contributed by atoms with Gasteiger partial charge in [-0.05, 0) is 37.6 Å². The van der Waals surface area contributed by atoms with Crippen molar-refractivity contribution in [2.45, 2.75) is 32.2 Å². The molecule has 0 spiro atoms. The summed E-state index contributed by atoms with van der Waals surface area (Å²) in [4.78, 5) is 23.8. The smallest absolute Gasteiger partial charge is 0.331 e. The van der Waals surface area contributed by atoms with Crippen LogP contribution in [0.1, 0.15) is 32.3 Å². The highest BCUT2D eigenvalue weighted by Crippen LogP contribution is 2.17. The van der Waals surface area contributed by atoms with Gasteiger partial charge in [-0.3, -0.25) is 4.79 Å². The fraction of sp³-hybridized carbons (Fsp3) is 0.375. The number of hydrogen-bond acceptors (Lipinski definition) is 3. The molecular formula is C16H19BrFNO3. The number of amides is 1. The van der Waals surface area contributed by atoms with Gasteiger partial charge in [0, 0.05) is 16.1 Å². The third kappa shape index (κ3) is 4.94. The minimum absolute atomic E-state index is 0.278. The second kappa shape index (κ2) is 8.08. The van der Waals surface area contributed by atoms with E-state index in [1.807, 2.05) is 6.92 Å². The minimum Gasteiger partial charge on any atom is -0.467 e. The van der Waals surface area contributed by atoms with Crippen LogP contribution in [0.5, 0.6) is 0 Å². The lowest BCUT2D eigenvalue weighted by Crippen LogP contribution is -2.52. The van der Waals surface area contributed by atoms with Crippen LogP contribution in [0.15, 0.2) is 28.7 Å². The van der Waals surface area contributed by atoms with Crippen molar-refractivity contribution < 1.29 is 18.7 Å². The first-order valence-corrected chi connectivity index (χ1v) is 7.65. The number of methoxy groups -OCH3 is 1. The number of carbonyl (C=O) groups is 2. The maximum atomic E-state index is 13.6. The molecule has 0 saturated carbocycles. The molecule has 1 unspecified atom stereocenters. The zero-order valence-electron chi connectivity index (χ0n) is 12.8. The van der Waals surface area contributed by atoms with Crippen molar-refractivity contribution >= 4 is 33.9 Å². The molecule has 0 radical (unpaired) electrons. The van der Waals surface area contributed by atoms with E-state index in [-0.39, 0.29) is 5.56 Å². The van der Waals surface area contributed by atoms with Crippen LogP contribution in [0.2, 0.25) is 0 Å². The Labute approximate surface area is 137 Å². The fourth-order valence-corrected chi connectivity index (χ4v) is 2.44. The molecule has 0 bridgehead atoms. The summed E-state index contributed by atoms with van der Waals surface area (Å²) in [5, 5.41) is 2.61. The standard InChI is InChI=1S/C16H19BrFNO3/c1-4-9-16(2,15(21)22-3)19-14(20)8-5-11-10-12(17)6-7-13(11)18/h5-8,10H,4,9H2,1-3H3,(H,19,20)/b8-5+. The zero-order valence-corrected chi connectivity index (χ0v) is 14.4. The third-order valence-corrected chi connectivity index (χ3v) is 3.65. The summed E-state index contributed by atoms with van der Waals surface area (Å²) >= 11 is 3.24. The van der Waals surface area contributed by atoms with E-state index in [9.17, 15) is 14.0 Å². The molecule has 4 nitrogen and oxygen atoms in total. The zero-order chi connectivity index (χ0) is 16.8. The van der Waals surface area contributed by atoms with Crippen molar-refractivity contribution in [1.82, 2.24) is 5.32 Å². The van der Waals surface area contributed by atoms with Crippen LogP contribution in [0.4, 0.5) is 4.39 Å². The lowest BCUT2D eigenvalue weighted by atomic mass is 9.96. The van der Waals surface area contributed by atoms with Crippen LogP contribution < -0.4 is 5.32 Å². The maximum Gasteiger partial charge on any atom is 0.331 e. The molecule has 0 heterocycles. The second-order valence-corrected chi connectivity index (χ2v) is 5.98. The van der Waals surface area contributed by atoms with Crippen LogP contribution in [0.3, 0.4) is 0 Å². The molecule has 1 aromatic rings. The highest BCUT2D eigenvalue weighted by atomic mass is 79.9. The molecule has 120 valence electrons. The number of benzene rings is 1. The molecule has 0 aliphatic rings. The van der Waals surface area contributed by atoms with E-state index >= 15 is 0 Å². The molecule has 1 amide bonds. The van der Waals surface area contributed by atoms with Crippen LogP contribution >= 0.6 is 15.9 Å². The quantitative estimate of drug-likeness (QED) is 0.615. The Morgan fingerprint density at radius 3 is 2.73 bits per heavy atom. The molecule has 1 atom stereocenters. The largest absolute Gasteiger partial charge is 0.467 e. The van der Waals surface area contributed by atoms with Crippen molar-refractivity contribution in [3.63, 3.8) is 0 Å². The summed E-state index contributed by atoms with van der Waals surface area (Å²) in [5.74, 6) is -1.43. The predicted octanol–water partition coefficient (Wildman–Crippen LogP) is 3.45. The SMILES string of the molecule is CCCC(C)(NC(=O)/C=C/c1cc(Br)ccc1F)C(=O)OC. The number of nitrogens with one attached hydrogen (secondary N) is 1. The van der Waals surface area contributed by atoms with Gasteiger partial charge >= 0.3 is 5.97 Å². The maximum absolute atomic E-state index is 13.6. The van der Waals surface area contributed by atoms with Gasteiger partial charge < -0.3 is 10.1 Å². The van der Waals surface area contributed by atoms with Gasteiger partial charge in [0.1, 0.15) is 11.4 Å². The summed E-state index contributed by atoms with van der Waals surface area (Å²) in [5.41, 5.74) is -0.819. The van der Waals surface area contributed by atoms with Gasteiger partial charge in [0.15, 0.2) is 0 Å². The van der Waals surface area contributed by atoms with Gasteiger partial charge in [-0.25, -0.2) is 9.18 Å². The molecule has 0 fully saturated rings. The first kappa shape index (κ1) is 18.4. The van der Waals surface area contributed by atoms with E-state index in [0.717, 1.165) is 0 Å². The third-order valence-electron chi connectivity index (χ3n) is 3.16. The monoisotopic (exact) mass is 371 g/mol.